The van der Waals surface area contributed by atoms with E-state index >= 15 is 0 Å². The number of aliphatic hydroxyl groups excluding tert-OH is 1. The van der Waals surface area contributed by atoms with Gasteiger partial charge in [0, 0.05) is 32.7 Å². The molecule has 2 rings (SSSR count). The summed E-state index contributed by atoms with van der Waals surface area (Å²) < 4.78 is 0. The third-order valence-corrected chi connectivity index (χ3v) is 4.50. The zero-order valence-electron chi connectivity index (χ0n) is 14.9. The van der Waals surface area contributed by atoms with Crippen LogP contribution < -0.4 is 10.6 Å². The lowest BCUT2D eigenvalue weighted by molar-refractivity contribution is 0.163. The van der Waals surface area contributed by atoms with Crippen LogP contribution in [0, 0.1) is 5.92 Å². The lowest BCUT2D eigenvalue weighted by atomic mass is 10.00. The molecule has 0 bridgehead atoms. The molecule has 1 heterocycles. The van der Waals surface area contributed by atoms with Crippen LogP contribution in [-0.2, 0) is 13.0 Å². The molecule has 5 heteroatoms. The number of nitrogens with zero attached hydrogens (tertiary/aromatic N) is 1. The standard InChI is InChI=1S/C19H31N3O2/c1-15(12-16(2)23)13-21-19(24)20-9-5-10-22-11-8-17-6-3-4-7-18(17)14-22/h3-4,6-7,15-16,23H,5,8-14H2,1-2H3,(H2,20,21,24). The number of carbonyl (C=O) groups is 1. The Morgan fingerprint density at radius 3 is 2.75 bits per heavy atom. The second-order valence-corrected chi connectivity index (χ2v) is 6.98. The van der Waals surface area contributed by atoms with Gasteiger partial charge in [-0.05, 0) is 43.2 Å². The molecule has 0 spiro atoms. The Morgan fingerprint density at radius 2 is 2.00 bits per heavy atom. The van der Waals surface area contributed by atoms with E-state index < -0.39 is 0 Å². The van der Waals surface area contributed by atoms with Crippen molar-refractivity contribution in [2.24, 2.45) is 5.92 Å². The molecule has 0 saturated heterocycles. The van der Waals surface area contributed by atoms with E-state index in [0.29, 0.717) is 19.5 Å². The van der Waals surface area contributed by atoms with Gasteiger partial charge in [-0.15, -0.1) is 0 Å². The minimum atomic E-state index is -0.320. The molecule has 1 aromatic carbocycles. The molecule has 134 valence electrons. The van der Waals surface area contributed by atoms with E-state index in [4.69, 9.17) is 0 Å². The van der Waals surface area contributed by atoms with Crippen LogP contribution >= 0.6 is 0 Å². The molecule has 24 heavy (non-hydrogen) atoms. The van der Waals surface area contributed by atoms with Crippen molar-refractivity contribution in [3.63, 3.8) is 0 Å². The van der Waals surface area contributed by atoms with Crippen LogP contribution in [0.15, 0.2) is 24.3 Å². The zero-order valence-corrected chi connectivity index (χ0v) is 14.9. The Kier molecular flexibility index (Phi) is 7.53. The topological polar surface area (TPSA) is 64.6 Å². The van der Waals surface area contributed by atoms with E-state index in [0.717, 1.165) is 32.5 Å². The fourth-order valence-corrected chi connectivity index (χ4v) is 3.24. The Morgan fingerprint density at radius 1 is 1.25 bits per heavy atom. The summed E-state index contributed by atoms with van der Waals surface area (Å²) in [5.74, 6) is 0.282. The molecular weight excluding hydrogens is 302 g/mol. The Bertz CT molecular complexity index is 519. The van der Waals surface area contributed by atoms with Gasteiger partial charge in [-0.25, -0.2) is 4.79 Å². The molecular formula is C19H31N3O2. The second kappa shape index (κ2) is 9.64. The van der Waals surface area contributed by atoms with Crippen LogP contribution in [0.3, 0.4) is 0 Å². The maximum Gasteiger partial charge on any atom is 0.314 e. The first kappa shape index (κ1) is 18.7. The van der Waals surface area contributed by atoms with Crippen molar-refractivity contribution in [3.05, 3.63) is 35.4 Å². The molecule has 2 unspecified atom stereocenters. The molecule has 0 saturated carbocycles. The number of hydrogen-bond acceptors (Lipinski definition) is 3. The van der Waals surface area contributed by atoms with Gasteiger partial charge in [0.25, 0.3) is 0 Å². The van der Waals surface area contributed by atoms with Gasteiger partial charge in [-0.2, -0.15) is 0 Å². The Labute approximate surface area is 145 Å². The fourth-order valence-electron chi connectivity index (χ4n) is 3.24. The number of carbonyl (C=O) groups excluding carboxylic acids is 1. The summed E-state index contributed by atoms with van der Waals surface area (Å²) in [4.78, 5) is 14.2. The van der Waals surface area contributed by atoms with E-state index in [-0.39, 0.29) is 18.1 Å². The van der Waals surface area contributed by atoms with Crippen molar-refractivity contribution >= 4 is 6.03 Å². The molecule has 0 aliphatic carbocycles. The van der Waals surface area contributed by atoms with Crippen molar-refractivity contribution in [2.45, 2.75) is 45.8 Å². The first-order valence-electron chi connectivity index (χ1n) is 9.03. The van der Waals surface area contributed by atoms with Gasteiger partial charge < -0.3 is 15.7 Å². The van der Waals surface area contributed by atoms with Crippen molar-refractivity contribution in [2.75, 3.05) is 26.2 Å². The summed E-state index contributed by atoms with van der Waals surface area (Å²) >= 11 is 0. The van der Waals surface area contributed by atoms with E-state index in [2.05, 4.69) is 39.8 Å². The van der Waals surface area contributed by atoms with Crippen LogP contribution in [0.1, 0.15) is 37.8 Å². The van der Waals surface area contributed by atoms with Gasteiger partial charge in [-0.3, -0.25) is 4.90 Å². The minimum Gasteiger partial charge on any atom is -0.393 e. The SMILES string of the molecule is CC(O)CC(C)CNC(=O)NCCCN1CCc2ccccc2C1. The summed E-state index contributed by atoms with van der Waals surface area (Å²) in [6, 6.07) is 8.53. The molecule has 1 aromatic rings. The average molecular weight is 333 g/mol. The largest absolute Gasteiger partial charge is 0.393 e. The van der Waals surface area contributed by atoms with E-state index in [1.165, 1.54) is 11.1 Å². The van der Waals surface area contributed by atoms with Crippen molar-refractivity contribution in [1.29, 1.82) is 0 Å². The molecule has 0 radical (unpaired) electrons. The monoisotopic (exact) mass is 333 g/mol. The van der Waals surface area contributed by atoms with Crippen molar-refractivity contribution in [3.8, 4) is 0 Å². The maximum atomic E-state index is 11.7. The number of urea groups is 1. The first-order valence-corrected chi connectivity index (χ1v) is 9.03. The van der Waals surface area contributed by atoms with E-state index in [1.54, 1.807) is 6.92 Å². The predicted octanol–water partition coefficient (Wildman–Crippen LogP) is 2.14. The Balaban J connectivity index is 1.56. The van der Waals surface area contributed by atoms with Crippen LogP contribution in [0.25, 0.3) is 0 Å². The molecule has 5 nitrogen and oxygen atoms in total. The predicted molar refractivity (Wildman–Crippen MR) is 96.9 cm³/mol. The molecule has 3 N–H and O–H groups in total. The van der Waals surface area contributed by atoms with Gasteiger partial charge in [0.15, 0.2) is 0 Å². The van der Waals surface area contributed by atoms with Gasteiger partial charge in [-0.1, -0.05) is 31.2 Å². The third kappa shape index (κ3) is 6.49. The van der Waals surface area contributed by atoms with Crippen molar-refractivity contribution < 1.29 is 9.90 Å². The van der Waals surface area contributed by atoms with E-state index in [9.17, 15) is 9.90 Å². The maximum absolute atomic E-state index is 11.7. The highest BCUT2D eigenvalue weighted by Crippen LogP contribution is 2.18. The van der Waals surface area contributed by atoms with Crippen molar-refractivity contribution in [1.82, 2.24) is 15.5 Å². The Hall–Kier alpha value is -1.59. The highest BCUT2D eigenvalue weighted by Gasteiger charge is 2.15. The molecule has 2 amide bonds. The molecule has 1 aliphatic heterocycles. The number of rotatable bonds is 8. The number of amides is 2. The lowest BCUT2D eigenvalue weighted by Crippen LogP contribution is -2.39. The summed E-state index contributed by atoms with van der Waals surface area (Å²) in [5.41, 5.74) is 2.90. The number of aliphatic hydroxyl groups is 1. The molecule has 0 aromatic heterocycles. The average Bonchev–Trinajstić information content (AvgIpc) is 2.56. The summed E-state index contributed by atoms with van der Waals surface area (Å²) in [5, 5.41) is 15.1. The summed E-state index contributed by atoms with van der Waals surface area (Å²) in [6.45, 7) is 8.21. The molecule has 2 atom stereocenters. The number of hydrogen-bond donors (Lipinski definition) is 3. The number of nitrogens with one attached hydrogen (secondary N) is 2. The normalized spacial score (nSPS) is 17.0. The van der Waals surface area contributed by atoms with Crippen LogP contribution in [-0.4, -0.2) is 48.3 Å². The summed E-state index contributed by atoms with van der Waals surface area (Å²) in [6.07, 6.45) is 2.46. The van der Waals surface area contributed by atoms with Crippen LogP contribution in [0.5, 0.6) is 0 Å². The molecule has 1 aliphatic rings. The fraction of sp³-hybridized carbons (Fsp3) is 0.632. The van der Waals surface area contributed by atoms with Crippen LogP contribution in [0.2, 0.25) is 0 Å². The number of benzene rings is 1. The second-order valence-electron chi connectivity index (χ2n) is 6.98. The zero-order chi connectivity index (χ0) is 17.4. The summed E-state index contributed by atoms with van der Waals surface area (Å²) in [7, 11) is 0. The third-order valence-electron chi connectivity index (χ3n) is 4.50. The lowest BCUT2D eigenvalue weighted by Gasteiger charge is -2.28. The van der Waals surface area contributed by atoms with E-state index in [1.807, 2.05) is 6.92 Å². The van der Waals surface area contributed by atoms with Gasteiger partial charge >= 0.3 is 6.03 Å². The minimum absolute atomic E-state index is 0.114. The number of fused-ring (bicyclic) bond motifs is 1. The van der Waals surface area contributed by atoms with Gasteiger partial charge in [0.05, 0.1) is 6.10 Å². The highest BCUT2D eigenvalue weighted by molar-refractivity contribution is 5.73. The van der Waals surface area contributed by atoms with Gasteiger partial charge in [0.2, 0.25) is 0 Å². The first-order chi connectivity index (χ1) is 11.5. The van der Waals surface area contributed by atoms with Gasteiger partial charge in [0.1, 0.15) is 0 Å². The quantitative estimate of drug-likeness (QED) is 0.639. The smallest absolute Gasteiger partial charge is 0.314 e. The van der Waals surface area contributed by atoms with Crippen LogP contribution in [0.4, 0.5) is 4.79 Å². The highest BCUT2D eigenvalue weighted by atomic mass is 16.3. The molecule has 0 fully saturated rings.